The van der Waals surface area contributed by atoms with Crippen molar-refractivity contribution < 1.29 is 23.5 Å². The van der Waals surface area contributed by atoms with Gasteiger partial charge in [0.2, 0.25) is 0 Å². The van der Waals surface area contributed by atoms with Crippen LogP contribution >= 0.6 is 0 Å². The van der Waals surface area contributed by atoms with Gasteiger partial charge in [-0.2, -0.15) is 0 Å². The van der Waals surface area contributed by atoms with Gasteiger partial charge in [0.25, 0.3) is 5.92 Å². The van der Waals surface area contributed by atoms with Gasteiger partial charge < -0.3 is 5.11 Å². The highest BCUT2D eigenvalue weighted by molar-refractivity contribution is 5.72. The van der Waals surface area contributed by atoms with Crippen LogP contribution in [0.5, 0.6) is 0 Å². The van der Waals surface area contributed by atoms with Crippen LogP contribution < -0.4 is 5.48 Å². The summed E-state index contributed by atoms with van der Waals surface area (Å²) in [5, 5.41) is 8.40. The van der Waals surface area contributed by atoms with Gasteiger partial charge in [0, 0.05) is 13.0 Å². The average Bonchev–Trinajstić information content (AvgIpc) is 2.10. The van der Waals surface area contributed by atoms with E-state index < -0.39 is 30.8 Å². The first-order chi connectivity index (χ1) is 5.51. The monoisotopic (exact) mass is 181 g/mol. The molecule has 12 heavy (non-hydrogen) atoms. The number of alkyl halides is 2. The number of hydroxylamine groups is 1. The van der Waals surface area contributed by atoms with Gasteiger partial charge in [-0.25, -0.2) is 19.1 Å². The lowest BCUT2D eigenvalue weighted by atomic mass is 10.1. The highest BCUT2D eigenvalue weighted by atomic mass is 19.3. The molecule has 1 atom stereocenters. The lowest BCUT2D eigenvalue weighted by Crippen LogP contribution is -2.31. The van der Waals surface area contributed by atoms with E-state index in [0.29, 0.717) is 0 Å². The molecule has 0 radical (unpaired) electrons. The Morgan fingerprint density at radius 1 is 1.67 bits per heavy atom. The summed E-state index contributed by atoms with van der Waals surface area (Å²) in [7, 11) is 0. The lowest BCUT2D eigenvalue weighted by molar-refractivity contribution is -0.159. The molecule has 0 amide bonds. The first kappa shape index (κ1) is 9.34. The first-order valence-electron chi connectivity index (χ1n) is 3.50. The van der Waals surface area contributed by atoms with Crippen LogP contribution in [0.2, 0.25) is 0 Å². The number of aliphatic carboxylic acids is 1. The second-order valence-electron chi connectivity index (χ2n) is 2.65. The van der Waals surface area contributed by atoms with Crippen molar-refractivity contribution in [2.24, 2.45) is 0 Å². The van der Waals surface area contributed by atoms with E-state index in [9.17, 15) is 13.6 Å². The van der Waals surface area contributed by atoms with Crippen molar-refractivity contribution in [3.63, 3.8) is 0 Å². The number of hydrogen-bond acceptors (Lipinski definition) is 3. The van der Waals surface area contributed by atoms with Gasteiger partial charge in [-0.1, -0.05) is 0 Å². The quantitative estimate of drug-likeness (QED) is 0.614. The van der Waals surface area contributed by atoms with E-state index >= 15 is 0 Å². The van der Waals surface area contributed by atoms with Crippen LogP contribution in [0.25, 0.3) is 0 Å². The maximum absolute atomic E-state index is 12.7. The van der Waals surface area contributed by atoms with Gasteiger partial charge in [0.15, 0.2) is 6.10 Å². The standard InChI is InChI=1S/C6H9F2NO3/c7-6(8)1-2-9-12-4(3-6)5(10)11/h4,9H,1-3H2,(H,10,11). The largest absolute Gasteiger partial charge is 0.479 e. The summed E-state index contributed by atoms with van der Waals surface area (Å²) in [6.45, 7) is -0.0310. The molecule has 1 unspecified atom stereocenters. The maximum Gasteiger partial charge on any atom is 0.335 e. The Hall–Kier alpha value is -0.750. The molecule has 6 heteroatoms. The topological polar surface area (TPSA) is 58.6 Å². The van der Waals surface area contributed by atoms with Crippen molar-refractivity contribution in [2.45, 2.75) is 24.9 Å². The van der Waals surface area contributed by atoms with Gasteiger partial charge in [0.1, 0.15) is 0 Å². The predicted octanol–water partition coefficient (Wildman–Crippen LogP) is 0.390. The second kappa shape index (κ2) is 3.32. The predicted molar refractivity (Wildman–Crippen MR) is 34.7 cm³/mol. The summed E-state index contributed by atoms with van der Waals surface area (Å²) in [5.41, 5.74) is 2.17. The van der Waals surface area contributed by atoms with Crippen LogP contribution in [-0.4, -0.2) is 29.6 Å². The number of rotatable bonds is 1. The zero-order valence-electron chi connectivity index (χ0n) is 6.22. The fourth-order valence-corrected chi connectivity index (χ4v) is 0.946. The Kier molecular flexibility index (Phi) is 2.58. The summed E-state index contributed by atoms with van der Waals surface area (Å²) in [6.07, 6.45) is -2.62. The van der Waals surface area contributed by atoms with Crippen molar-refractivity contribution >= 4 is 5.97 Å². The van der Waals surface area contributed by atoms with Gasteiger partial charge in [0.05, 0.1) is 6.42 Å². The minimum atomic E-state index is -2.95. The molecule has 1 saturated heterocycles. The van der Waals surface area contributed by atoms with E-state index in [1.54, 1.807) is 0 Å². The van der Waals surface area contributed by atoms with Crippen LogP contribution in [-0.2, 0) is 9.63 Å². The number of nitrogens with one attached hydrogen (secondary N) is 1. The van der Waals surface area contributed by atoms with Crippen LogP contribution in [0.3, 0.4) is 0 Å². The maximum atomic E-state index is 12.7. The molecule has 1 aliphatic rings. The molecular formula is C6H9F2NO3. The normalized spacial score (nSPS) is 29.3. The molecule has 1 fully saturated rings. The SMILES string of the molecule is O=C(O)C1CC(F)(F)CCNO1. The number of carboxylic acids is 1. The van der Waals surface area contributed by atoms with E-state index in [0.717, 1.165) is 0 Å². The number of halogens is 2. The van der Waals surface area contributed by atoms with Crippen molar-refractivity contribution in [3.05, 3.63) is 0 Å². The lowest BCUT2D eigenvalue weighted by Gasteiger charge is -2.14. The molecule has 0 aromatic heterocycles. The van der Waals surface area contributed by atoms with Crippen LogP contribution in [0.1, 0.15) is 12.8 Å². The van der Waals surface area contributed by atoms with E-state index in [4.69, 9.17) is 5.11 Å². The second-order valence-corrected chi connectivity index (χ2v) is 2.65. The fourth-order valence-electron chi connectivity index (χ4n) is 0.946. The Bertz CT molecular complexity index is 186. The molecule has 1 rings (SSSR count). The Morgan fingerprint density at radius 2 is 2.33 bits per heavy atom. The molecule has 1 aliphatic heterocycles. The Balaban J connectivity index is 2.60. The summed E-state index contributed by atoms with van der Waals surface area (Å²) in [5.74, 6) is -4.32. The zero-order valence-corrected chi connectivity index (χ0v) is 6.22. The molecule has 0 bridgehead atoms. The molecule has 0 spiro atoms. The van der Waals surface area contributed by atoms with Crippen LogP contribution in [0.15, 0.2) is 0 Å². The van der Waals surface area contributed by atoms with Crippen molar-refractivity contribution in [1.82, 2.24) is 5.48 Å². The molecule has 4 nitrogen and oxygen atoms in total. The summed E-state index contributed by atoms with van der Waals surface area (Å²) in [6, 6.07) is 0. The van der Waals surface area contributed by atoms with Crippen molar-refractivity contribution in [3.8, 4) is 0 Å². The third kappa shape index (κ3) is 2.38. The average molecular weight is 181 g/mol. The summed E-state index contributed by atoms with van der Waals surface area (Å²) in [4.78, 5) is 14.8. The van der Waals surface area contributed by atoms with Crippen LogP contribution in [0.4, 0.5) is 8.78 Å². The minimum Gasteiger partial charge on any atom is -0.479 e. The van der Waals surface area contributed by atoms with E-state index in [1.165, 1.54) is 0 Å². The minimum absolute atomic E-state index is 0.0310. The van der Waals surface area contributed by atoms with Gasteiger partial charge in [-0.15, -0.1) is 0 Å². The molecule has 0 aliphatic carbocycles. The summed E-state index contributed by atoms with van der Waals surface area (Å²) < 4.78 is 25.4. The van der Waals surface area contributed by atoms with E-state index in [2.05, 4.69) is 10.3 Å². The third-order valence-electron chi connectivity index (χ3n) is 1.58. The fraction of sp³-hybridized carbons (Fsp3) is 0.833. The van der Waals surface area contributed by atoms with E-state index in [-0.39, 0.29) is 6.54 Å². The Morgan fingerprint density at radius 3 is 2.92 bits per heavy atom. The highest BCUT2D eigenvalue weighted by Gasteiger charge is 2.38. The molecule has 1 heterocycles. The molecular weight excluding hydrogens is 172 g/mol. The molecule has 70 valence electrons. The van der Waals surface area contributed by atoms with Crippen molar-refractivity contribution in [2.75, 3.05) is 6.54 Å². The zero-order chi connectivity index (χ0) is 9.19. The summed E-state index contributed by atoms with van der Waals surface area (Å²) >= 11 is 0. The molecule has 0 aromatic carbocycles. The van der Waals surface area contributed by atoms with Gasteiger partial charge in [-0.05, 0) is 0 Å². The number of carbonyl (C=O) groups is 1. The van der Waals surface area contributed by atoms with E-state index in [1.807, 2.05) is 0 Å². The highest BCUT2D eigenvalue weighted by Crippen LogP contribution is 2.26. The van der Waals surface area contributed by atoms with Gasteiger partial charge in [-0.3, -0.25) is 4.84 Å². The van der Waals surface area contributed by atoms with Gasteiger partial charge >= 0.3 is 5.97 Å². The first-order valence-corrected chi connectivity index (χ1v) is 3.50. The molecule has 0 saturated carbocycles. The number of hydrogen-bond donors (Lipinski definition) is 2. The smallest absolute Gasteiger partial charge is 0.335 e. The molecule has 0 aromatic rings. The Labute approximate surface area is 67.5 Å². The number of carboxylic acid groups (broad SMARTS) is 1. The third-order valence-corrected chi connectivity index (χ3v) is 1.58. The van der Waals surface area contributed by atoms with Crippen LogP contribution in [0, 0.1) is 0 Å². The van der Waals surface area contributed by atoms with Crippen molar-refractivity contribution in [1.29, 1.82) is 0 Å². The molecule has 2 N–H and O–H groups in total.